The fraction of sp³-hybridized carbons (Fsp3) is 0.278. The van der Waals surface area contributed by atoms with Gasteiger partial charge in [0, 0.05) is 6.54 Å². The molecule has 0 saturated heterocycles. The molecule has 0 aliphatic carbocycles. The average molecular weight is 315 g/mol. The monoisotopic (exact) mass is 315 g/mol. The zero-order chi connectivity index (χ0) is 16.2. The molecule has 1 amide bonds. The van der Waals surface area contributed by atoms with Gasteiger partial charge in [-0.2, -0.15) is 0 Å². The van der Waals surface area contributed by atoms with Gasteiger partial charge in [0.25, 0.3) is 0 Å². The predicted octanol–water partition coefficient (Wildman–Crippen LogP) is 2.70. The third-order valence-electron chi connectivity index (χ3n) is 3.92. The first kappa shape index (κ1) is 15.3. The smallest absolute Gasteiger partial charge is 0.227 e. The van der Waals surface area contributed by atoms with Gasteiger partial charge in [-0.3, -0.25) is 4.79 Å². The van der Waals surface area contributed by atoms with Gasteiger partial charge in [0.05, 0.1) is 13.0 Å². The molecule has 23 heavy (non-hydrogen) atoms. The Morgan fingerprint density at radius 3 is 2.83 bits per heavy atom. The third kappa shape index (κ3) is 3.62. The van der Waals surface area contributed by atoms with Crippen LogP contribution in [0, 0.1) is 11.7 Å². The van der Waals surface area contributed by atoms with Crippen molar-refractivity contribution in [2.24, 2.45) is 5.92 Å². The highest BCUT2D eigenvalue weighted by Crippen LogP contribution is 2.30. The molecule has 3 rings (SSSR count). The second-order valence-corrected chi connectivity index (χ2v) is 5.53. The number of rotatable bonds is 4. The van der Waals surface area contributed by atoms with Crippen molar-refractivity contribution in [2.75, 3.05) is 13.7 Å². The summed E-state index contributed by atoms with van der Waals surface area (Å²) >= 11 is 0. The Labute approximate surface area is 134 Å². The summed E-state index contributed by atoms with van der Waals surface area (Å²) in [6.45, 7) is 0.731. The van der Waals surface area contributed by atoms with Gasteiger partial charge < -0.3 is 14.8 Å². The van der Waals surface area contributed by atoms with Crippen LogP contribution in [0.25, 0.3) is 0 Å². The first-order chi connectivity index (χ1) is 11.2. The highest BCUT2D eigenvalue weighted by atomic mass is 19.1. The number of amides is 1. The second-order valence-electron chi connectivity index (χ2n) is 5.53. The Morgan fingerprint density at radius 1 is 1.30 bits per heavy atom. The predicted molar refractivity (Wildman–Crippen MR) is 83.9 cm³/mol. The summed E-state index contributed by atoms with van der Waals surface area (Å²) in [6.07, 6.45) is 0.613. The van der Waals surface area contributed by atoms with E-state index in [2.05, 4.69) is 5.32 Å². The molecular weight excluding hydrogens is 297 g/mol. The summed E-state index contributed by atoms with van der Waals surface area (Å²) in [5.41, 5.74) is 1.83. The molecule has 1 atom stereocenters. The molecule has 0 unspecified atom stereocenters. The highest BCUT2D eigenvalue weighted by molar-refractivity contribution is 5.79. The van der Waals surface area contributed by atoms with E-state index in [0.717, 1.165) is 22.6 Å². The van der Waals surface area contributed by atoms with Crippen LogP contribution in [0.1, 0.15) is 11.1 Å². The molecular formula is C18H18FNO3. The van der Waals surface area contributed by atoms with E-state index in [1.807, 2.05) is 18.2 Å². The van der Waals surface area contributed by atoms with Crippen molar-refractivity contribution in [3.8, 4) is 11.5 Å². The number of carbonyl (C=O) groups excluding carboxylic acids is 1. The molecule has 4 nitrogen and oxygen atoms in total. The van der Waals surface area contributed by atoms with Crippen molar-refractivity contribution in [3.63, 3.8) is 0 Å². The van der Waals surface area contributed by atoms with E-state index in [0.29, 0.717) is 19.6 Å². The van der Waals surface area contributed by atoms with Gasteiger partial charge in [0.1, 0.15) is 23.9 Å². The van der Waals surface area contributed by atoms with Crippen molar-refractivity contribution < 1.29 is 18.7 Å². The summed E-state index contributed by atoms with van der Waals surface area (Å²) in [4.78, 5) is 12.3. The Morgan fingerprint density at radius 2 is 2.09 bits per heavy atom. The molecule has 2 aromatic carbocycles. The molecule has 0 bridgehead atoms. The van der Waals surface area contributed by atoms with Crippen LogP contribution in [0.3, 0.4) is 0 Å². The summed E-state index contributed by atoms with van der Waals surface area (Å²) in [5, 5.41) is 2.87. The summed E-state index contributed by atoms with van der Waals surface area (Å²) in [6, 6.07) is 11.7. The van der Waals surface area contributed by atoms with Crippen molar-refractivity contribution in [1.29, 1.82) is 0 Å². The van der Waals surface area contributed by atoms with Crippen LogP contribution in [0.2, 0.25) is 0 Å². The van der Waals surface area contributed by atoms with E-state index in [9.17, 15) is 9.18 Å². The van der Waals surface area contributed by atoms with Gasteiger partial charge in [-0.25, -0.2) is 4.39 Å². The lowest BCUT2D eigenvalue weighted by Gasteiger charge is -2.25. The molecule has 5 heteroatoms. The SMILES string of the molecule is COc1ccc2c(c1)C[C@@H](C(=O)NCc1ccc(F)cc1)CO2. The number of nitrogens with one attached hydrogen (secondary N) is 1. The number of hydrogen-bond acceptors (Lipinski definition) is 3. The van der Waals surface area contributed by atoms with Gasteiger partial charge in [-0.15, -0.1) is 0 Å². The van der Waals surface area contributed by atoms with E-state index in [1.165, 1.54) is 12.1 Å². The van der Waals surface area contributed by atoms with Crippen molar-refractivity contribution >= 4 is 5.91 Å². The molecule has 1 heterocycles. The maximum absolute atomic E-state index is 12.9. The van der Waals surface area contributed by atoms with Crippen LogP contribution in [0.15, 0.2) is 42.5 Å². The van der Waals surface area contributed by atoms with Crippen molar-refractivity contribution in [1.82, 2.24) is 5.32 Å². The fourth-order valence-corrected chi connectivity index (χ4v) is 2.60. The van der Waals surface area contributed by atoms with Crippen LogP contribution in [-0.4, -0.2) is 19.6 Å². The molecule has 1 aliphatic rings. The van der Waals surface area contributed by atoms with Crippen molar-refractivity contribution in [3.05, 3.63) is 59.4 Å². The second kappa shape index (κ2) is 6.69. The lowest BCUT2D eigenvalue weighted by Crippen LogP contribution is -2.37. The number of carbonyl (C=O) groups is 1. The zero-order valence-corrected chi connectivity index (χ0v) is 12.8. The normalized spacial score (nSPS) is 16.2. The number of fused-ring (bicyclic) bond motifs is 1. The van der Waals surface area contributed by atoms with E-state index in [1.54, 1.807) is 19.2 Å². The Hall–Kier alpha value is -2.56. The fourth-order valence-electron chi connectivity index (χ4n) is 2.60. The molecule has 0 spiro atoms. The third-order valence-corrected chi connectivity index (χ3v) is 3.92. The van der Waals surface area contributed by atoms with Crippen LogP contribution in [-0.2, 0) is 17.8 Å². The lowest BCUT2D eigenvalue weighted by atomic mass is 9.95. The molecule has 0 aromatic heterocycles. The van der Waals surface area contributed by atoms with E-state index >= 15 is 0 Å². The van der Waals surface area contributed by atoms with Crippen LogP contribution < -0.4 is 14.8 Å². The minimum Gasteiger partial charge on any atom is -0.497 e. The molecule has 2 aromatic rings. The summed E-state index contributed by atoms with van der Waals surface area (Å²) in [7, 11) is 1.61. The van der Waals surface area contributed by atoms with Crippen LogP contribution in [0.4, 0.5) is 4.39 Å². The van der Waals surface area contributed by atoms with Crippen LogP contribution in [0.5, 0.6) is 11.5 Å². The van der Waals surface area contributed by atoms with E-state index in [-0.39, 0.29) is 17.6 Å². The Balaban J connectivity index is 1.61. The number of hydrogen-bond donors (Lipinski definition) is 1. The van der Waals surface area contributed by atoms with Gasteiger partial charge in [0.15, 0.2) is 0 Å². The number of benzene rings is 2. The van der Waals surface area contributed by atoms with Gasteiger partial charge >= 0.3 is 0 Å². The molecule has 1 aliphatic heterocycles. The summed E-state index contributed by atoms with van der Waals surface area (Å²) < 4.78 is 23.7. The maximum atomic E-state index is 12.9. The van der Waals surface area contributed by atoms with Gasteiger partial charge in [0.2, 0.25) is 5.91 Å². The zero-order valence-electron chi connectivity index (χ0n) is 12.8. The molecule has 0 radical (unpaired) electrons. The van der Waals surface area contributed by atoms with Gasteiger partial charge in [-0.05, 0) is 47.9 Å². The minimum absolute atomic E-state index is 0.0669. The number of halogens is 1. The highest BCUT2D eigenvalue weighted by Gasteiger charge is 2.26. The van der Waals surface area contributed by atoms with Crippen LogP contribution >= 0.6 is 0 Å². The average Bonchev–Trinajstić information content (AvgIpc) is 2.60. The Bertz CT molecular complexity index is 700. The van der Waals surface area contributed by atoms with E-state index < -0.39 is 0 Å². The first-order valence-electron chi connectivity index (χ1n) is 7.47. The molecule has 1 N–H and O–H groups in total. The molecule has 0 saturated carbocycles. The quantitative estimate of drug-likeness (QED) is 0.944. The summed E-state index contributed by atoms with van der Waals surface area (Å²) in [5.74, 6) is 0.956. The minimum atomic E-state index is -0.286. The standard InChI is InChI=1S/C18H18FNO3/c1-22-16-6-7-17-13(9-16)8-14(11-23-17)18(21)20-10-12-2-4-15(19)5-3-12/h2-7,9,14H,8,10-11H2,1H3,(H,20,21)/t14-/m1/s1. The number of ether oxygens (including phenoxy) is 2. The maximum Gasteiger partial charge on any atom is 0.227 e. The topological polar surface area (TPSA) is 47.6 Å². The molecule has 120 valence electrons. The van der Waals surface area contributed by atoms with Gasteiger partial charge in [-0.1, -0.05) is 12.1 Å². The van der Waals surface area contributed by atoms with E-state index in [4.69, 9.17) is 9.47 Å². The van der Waals surface area contributed by atoms with Crippen molar-refractivity contribution in [2.45, 2.75) is 13.0 Å². The molecule has 0 fully saturated rings. The Kier molecular flexibility index (Phi) is 4.46. The largest absolute Gasteiger partial charge is 0.497 e. The first-order valence-corrected chi connectivity index (χ1v) is 7.47. The lowest BCUT2D eigenvalue weighted by molar-refractivity contribution is -0.126. The number of methoxy groups -OCH3 is 1.